The maximum Gasteiger partial charge on any atom is 0.320 e. The van der Waals surface area contributed by atoms with Crippen LogP contribution >= 0.6 is 0 Å². The fourth-order valence-corrected chi connectivity index (χ4v) is 2.83. The first-order valence-electron chi connectivity index (χ1n) is 7.70. The van der Waals surface area contributed by atoms with E-state index >= 15 is 0 Å². The zero-order chi connectivity index (χ0) is 15.5. The van der Waals surface area contributed by atoms with Crippen LogP contribution in [-0.4, -0.2) is 66.3 Å². The third-order valence-corrected chi connectivity index (χ3v) is 4.30. The van der Waals surface area contributed by atoms with Crippen molar-refractivity contribution in [2.45, 2.75) is 19.5 Å². The third-order valence-electron chi connectivity index (χ3n) is 4.30. The van der Waals surface area contributed by atoms with Gasteiger partial charge in [-0.2, -0.15) is 4.98 Å². The molecule has 22 heavy (non-hydrogen) atoms. The molecule has 0 radical (unpaired) electrons. The lowest BCUT2D eigenvalue weighted by molar-refractivity contribution is -0.142. The van der Waals surface area contributed by atoms with E-state index in [0.717, 1.165) is 50.6 Å². The molecule has 0 saturated carbocycles. The first-order chi connectivity index (χ1) is 10.6. The van der Waals surface area contributed by atoms with Gasteiger partial charge in [0.05, 0.1) is 0 Å². The number of carbonyl (C=O) groups is 1. The van der Waals surface area contributed by atoms with Crippen LogP contribution in [0.5, 0.6) is 5.88 Å². The zero-order valence-corrected chi connectivity index (χ0v) is 12.8. The van der Waals surface area contributed by atoms with Crippen molar-refractivity contribution in [2.75, 3.05) is 44.2 Å². The second kappa shape index (κ2) is 6.50. The molecule has 0 bridgehead atoms. The minimum atomic E-state index is -0.766. The molecule has 2 aliphatic heterocycles. The van der Waals surface area contributed by atoms with Crippen molar-refractivity contribution in [3.63, 3.8) is 0 Å². The van der Waals surface area contributed by atoms with E-state index in [1.54, 1.807) is 6.92 Å². The summed E-state index contributed by atoms with van der Waals surface area (Å²) in [5.41, 5.74) is 1.08. The van der Waals surface area contributed by atoms with Gasteiger partial charge in [-0.1, -0.05) is 0 Å². The second-order valence-corrected chi connectivity index (χ2v) is 5.70. The summed E-state index contributed by atoms with van der Waals surface area (Å²) in [6.07, 6.45) is 0. The van der Waals surface area contributed by atoms with Crippen LogP contribution in [0.15, 0.2) is 12.1 Å². The number of piperazine rings is 1. The number of anilines is 1. The van der Waals surface area contributed by atoms with Crippen LogP contribution in [0.25, 0.3) is 0 Å². The molecule has 1 saturated heterocycles. The Morgan fingerprint density at radius 3 is 2.86 bits per heavy atom. The normalized spacial score (nSPS) is 20.7. The number of carboxylic acid groups (broad SMARTS) is 1. The highest BCUT2D eigenvalue weighted by Crippen LogP contribution is 2.23. The Labute approximate surface area is 129 Å². The quantitative estimate of drug-likeness (QED) is 0.823. The van der Waals surface area contributed by atoms with Crippen LogP contribution in [-0.2, 0) is 11.3 Å². The molecule has 120 valence electrons. The molecule has 0 aromatic carbocycles. The van der Waals surface area contributed by atoms with Gasteiger partial charge in [0.25, 0.3) is 0 Å². The van der Waals surface area contributed by atoms with E-state index in [9.17, 15) is 4.79 Å². The van der Waals surface area contributed by atoms with Gasteiger partial charge in [0.1, 0.15) is 18.5 Å². The molecule has 3 rings (SSSR count). The highest BCUT2D eigenvalue weighted by atomic mass is 16.5. The van der Waals surface area contributed by atoms with Crippen LogP contribution in [0.4, 0.5) is 5.82 Å². The van der Waals surface area contributed by atoms with Crippen molar-refractivity contribution in [3.8, 4) is 5.88 Å². The predicted molar refractivity (Wildman–Crippen MR) is 82.3 cm³/mol. The summed E-state index contributed by atoms with van der Waals surface area (Å²) in [6.45, 7) is 7.00. The maximum atomic E-state index is 11.1. The molecule has 1 aromatic rings. The fourth-order valence-electron chi connectivity index (χ4n) is 2.83. The van der Waals surface area contributed by atoms with Gasteiger partial charge in [-0.05, 0) is 19.1 Å². The Balaban J connectivity index is 1.66. The molecule has 1 atom stereocenters. The third kappa shape index (κ3) is 3.15. The number of rotatable bonds is 3. The Bertz CT molecular complexity index is 544. The lowest BCUT2D eigenvalue weighted by Gasteiger charge is -2.37. The van der Waals surface area contributed by atoms with Gasteiger partial charge in [-0.25, -0.2) is 0 Å². The molecule has 2 N–H and O–H groups in total. The van der Waals surface area contributed by atoms with Crippen LogP contribution < -0.4 is 15.0 Å². The van der Waals surface area contributed by atoms with Crippen molar-refractivity contribution in [1.29, 1.82) is 0 Å². The molecular formula is C15H22N4O3. The minimum Gasteiger partial charge on any atom is -0.480 e. The lowest BCUT2D eigenvalue weighted by Crippen LogP contribution is -2.52. The molecule has 0 aliphatic carbocycles. The minimum absolute atomic E-state index is 0.434. The molecule has 1 fully saturated rings. The standard InChI is InChI=1S/C15H22N4O3/c1-11(15(20)21)18-5-7-19(8-6-18)13-3-2-12-10-16-4-9-22-14(12)17-13/h2-3,11,16H,4-10H2,1H3,(H,20,21). The van der Waals surface area contributed by atoms with Crippen LogP contribution in [0, 0.1) is 0 Å². The number of carboxylic acids is 1. The Kier molecular flexibility index (Phi) is 4.44. The summed E-state index contributed by atoms with van der Waals surface area (Å²) in [5.74, 6) is 0.851. The highest BCUT2D eigenvalue weighted by Gasteiger charge is 2.26. The number of aromatic nitrogens is 1. The second-order valence-electron chi connectivity index (χ2n) is 5.70. The Morgan fingerprint density at radius 2 is 2.14 bits per heavy atom. The molecule has 2 aliphatic rings. The maximum absolute atomic E-state index is 11.1. The van der Waals surface area contributed by atoms with Crippen molar-refractivity contribution < 1.29 is 14.6 Å². The average Bonchev–Trinajstić information content (AvgIpc) is 2.78. The van der Waals surface area contributed by atoms with E-state index < -0.39 is 12.0 Å². The van der Waals surface area contributed by atoms with Crippen molar-refractivity contribution in [1.82, 2.24) is 15.2 Å². The molecule has 0 amide bonds. The number of hydrogen-bond donors (Lipinski definition) is 2. The smallest absolute Gasteiger partial charge is 0.320 e. The molecule has 7 nitrogen and oxygen atoms in total. The van der Waals surface area contributed by atoms with Crippen LogP contribution in [0.2, 0.25) is 0 Å². The molecule has 7 heteroatoms. The number of pyridine rings is 1. The van der Waals surface area contributed by atoms with Gasteiger partial charge in [0.15, 0.2) is 0 Å². The van der Waals surface area contributed by atoms with Crippen LogP contribution in [0.1, 0.15) is 12.5 Å². The van der Waals surface area contributed by atoms with Crippen LogP contribution in [0.3, 0.4) is 0 Å². The van der Waals surface area contributed by atoms with Crippen molar-refractivity contribution in [2.24, 2.45) is 0 Å². The Morgan fingerprint density at radius 1 is 1.36 bits per heavy atom. The summed E-state index contributed by atoms with van der Waals surface area (Å²) in [4.78, 5) is 19.9. The summed E-state index contributed by atoms with van der Waals surface area (Å²) in [6, 6.07) is 3.64. The largest absolute Gasteiger partial charge is 0.480 e. The van der Waals surface area contributed by atoms with E-state index in [2.05, 4.69) is 21.3 Å². The molecular weight excluding hydrogens is 284 g/mol. The van der Waals surface area contributed by atoms with Gasteiger partial charge in [-0.3, -0.25) is 9.69 Å². The molecule has 3 heterocycles. The monoisotopic (exact) mass is 306 g/mol. The number of fused-ring (bicyclic) bond motifs is 1. The predicted octanol–water partition coefficient (Wildman–Crippen LogP) is 0.159. The van der Waals surface area contributed by atoms with Crippen molar-refractivity contribution >= 4 is 11.8 Å². The van der Waals surface area contributed by atoms with Gasteiger partial charge in [-0.15, -0.1) is 0 Å². The van der Waals surface area contributed by atoms with E-state index in [1.165, 1.54) is 0 Å². The topological polar surface area (TPSA) is 77.9 Å². The summed E-state index contributed by atoms with van der Waals surface area (Å²) >= 11 is 0. The molecule has 1 aromatic heterocycles. The lowest BCUT2D eigenvalue weighted by atomic mass is 10.2. The van der Waals surface area contributed by atoms with Gasteiger partial charge >= 0.3 is 5.97 Å². The summed E-state index contributed by atoms with van der Waals surface area (Å²) in [5, 5.41) is 12.4. The number of hydrogen-bond acceptors (Lipinski definition) is 6. The first-order valence-corrected chi connectivity index (χ1v) is 7.70. The van der Waals surface area contributed by atoms with E-state index in [1.807, 2.05) is 11.0 Å². The summed E-state index contributed by atoms with van der Waals surface area (Å²) in [7, 11) is 0. The van der Waals surface area contributed by atoms with Gasteiger partial charge in [0.2, 0.25) is 5.88 Å². The van der Waals surface area contributed by atoms with Gasteiger partial charge in [0, 0.05) is 44.8 Å². The van der Waals surface area contributed by atoms with E-state index in [4.69, 9.17) is 9.84 Å². The number of ether oxygens (including phenoxy) is 1. The molecule has 1 unspecified atom stereocenters. The fraction of sp³-hybridized carbons (Fsp3) is 0.600. The first kappa shape index (κ1) is 15.1. The van der Waals surface area contributed by atoms with E-state index in [0.29, 0.717) is 12.5 Å². The number of nitrogens with one attached hydrogen (secondary N) is 1. The Hall–Kier alpha value is -1.86. The zero-order valence-electron chi connectivity index (χ0n) is 12.8. The van der Waals surface area contributed by atoms with Gasteiger partial charge < -0.3 is 20.1 Å². The van der Waals surface area contributed by atoms with E-state index in [-0.39, 0.29) is 0 Å². The van der Waals surface area contributed by atoms with Crippen molar-refractivity contribution in [3.05, 3.63) is 17.7 Å². The highest BCUT2D eigenvalue weighted by molar-refractivity contribution is 5.72. The number of aliphatic carboxylic acids is 1. The average molecular weight is 306 g/mol. The number of nitrogens with zero attached hydrogens (tertiary/aromatic N) is 3. The molecule has 0 spiro atoms. The SMILES string of the molecule is CC(C(=O)O)N1CCN(c2ccc3c(n2)OCCNC3)CC1. The summed E-state index contributed by atoms with van der Waals surface area (Å²) < 4.78 is 5.68.